The third kappa shape index (κ3) is 3.49. The van der Waals surface area contributed by atoms with Crippen molar-refractivity contribution in [1.82, 2.24) is 0 Å². The monoisotopic (exact) mass is 558 g/mol. The molecule has 1 aromatic heterocycles. The van der Waals surface area contributed by atoms with Gasteiger partial charge in [0.05, 0.1) is 4.70 Å². The zero-order valence-corrected chi connectivity index (χ0v) is 24.8. The Morgan fingerprint density at radius 3 is 1.93 bits per heavy atom. The third-order valence-corrected chi connectivity index (χ3v) is 10.2. The third-order valence-electron chi connectivity index (χ3n) is 9.01. The van der Waals surface area contributed by atoms with E-state index < -0.39 is 0 Å². The van der Waals surface area contributed by atoms with Crippen LogP contribution in [0.4, 0.5) is 0 Å². The first kappa shape index (κ1) is 25.1. The van der Waals surface area contributed by atoms with Gasteiger partial charge in [-0.3, -0.25) is 0 Å². The van der Waals surface area contributed by atoms with Crippen LogP contribution in [0.2, 0.25) is 0 Å². The molecule has 1 aliphatic heterocycles. The second-order valence-corrected chi connectivity index (χ2v) is 12.7. The predicted molar refractivity (Wildman–Crippen MR) is 183 cm³/mol. The number of rotatable bonds is 3. The molecule has 6 aromatic carbocycles. The van der Waals surface area contributed by atoms with Crippen molar-refractivity contribution in [3.05, 3.63) is 131 Å². The molecule has 0 bridgehead atoms. The van der Waals surface area contributed by atoms with E-state index in [-0.39, 0.29) is 5.41 Å². The number of allylic oxidation sites excluding steroid dienone is 1. The average Bonchev–Trinajstić information content (AvgIpc) is 3.39. The maximum absolute atomic E-state index is 6.74. The Labute approximate surface area is 250 Å². The fourth-order valence-corrected chi connectivity index (χ4v) is 8.01. The molecule has 0 aliphatic carbocycles. The van der Waals surface area contributed by atoms with E-state index >= 15 is 0 Å². The van der Waals surface area contributed by atoms with Gasteiger partial charge in [0.15, 0.2) is 0 Å². The number of benzene rings is 6. The Morgan fingerprint density at radius 1 is 0.667 bits per heavy atom. The molecule has 0 radical (unpaired) electrons. The van der Waals surface area contributed by atoms with Crippen LogP contribution in [0.1, 0.15) is 42.3 Å². The van der Waals surface area contributed by atoms with Crippen molar-refractivity contribution >= 4 is 65.9 Å². The molecule has 1 aliphatic rings. The Hall–Kier alpha value is -4.66. The minimum absolute atomic E-state index is 0.216. The lowest BCUT2D eigenvalue weighted by Gasteiger charge is -2.35. The average molecular weight is 559 g/mol. The fourth-order valence-electron chi connectivity index (χ4n) is 6.89. The van der Waals surface area contributed by atoms with Crippen molar-refractivity contribution in [1.29, 1.82) is 0 Å². The van der Waals surface area contributed by atoms with Crippen LogP contribution < -0.4 is 4.74 Å². The second-order valence-electron chi connectivity index (χ2n) is 11.7. The Balaban J connectivity index is 1.29. The molecule has 0 amide bonds. The number of ether oxygens (including phenoxy) is 1. The molecule has 0 spiro atoms. The summed E-state index contributed by atoms with van der Waals surface area (Å²) in [6, 6.07) is 35.7. The molecule has 2 heteroatoms. The molecule has 0 atom stereocenters. The standard InChI is InChI=1S/C40H30OS/c1-5-11-31-32-19-20-34-38(39(32)42-37(31)6-2)41-36-21-17-25(23-35(36)40(34,3)4)24-16-18-30-28-14-8-7-12-26(28)27-13-9-10-15-29(27)33(30)22-24/h5-23H,2H2,1,3-4H3/b11-5-. The van der Waals surface area contributed by atoms with Crippen LogP contribution in [0, 0.1) is 0 Å². The van der Waals surface area contributed by atoms with E-state index in [2.05, 4.69) is 137 Å². The molecule has 8 rings (SSSR count). The van der Waals surface area contributed by atoms with Gasteiger partial charge in [-0.25, -0.2) is 0 Å². The Bertz CT molecular complexity index is 2240. The van der Waals surface area contributed by atoms with Crippen molar-refractivity contribution in [3.63, 3.8) is 0 Å². The molecule has 2 heterocycles. The van der Waals surface area contributed by atoms with Gasteiger partial charge < -0.3 is 4.74 Å². The van der Waals surface area contributed by atoms with Crippen LogP contribution in [0.25, 0.3) is 65.7 Å². The summed E-state index contributed by atoms with van der Waals surface area (Å²) in [4.78, 5) is 1.18. The molecule has 202 valence electrons. The lowest BCUT2D eigenvalue weighted by Crippen LogP contribution is -2.24. The first-order chi connectivity index (χ1) is 20.5. The Morgan fingerprint density at radius 2 is 1.26 bits per heavy atom. The molecule has 0 fully saturated rings. The summed E-state index contributed by atoms with van der Waals surface area (Å²) in [6.07, 6.45) is 6.22. The van der Waals surface area contributed by atoms with Crippen molar-refractivity contribution in [3.8, 4) is 22.6 Å². The summed E-state index contributed by atoms with van der Waals surface area (Å²) in [6.45, 7) is 10.8. The molecule has 7 aromatic rings. The zero-order chi connectivity index (χ0) is 28.6. The lowest BCUT2D eigenvalue weighted by atomic mass is 9.75. The van der Waals surface area contributed by atoms with Crippen molar-refractivity contribution in [2.24, 2.45) is 0 Å². The predicted octanol–water partition coefficient (Wildman–Crippen LogP) is 12.1. The van der Waals surface area contributed by atoms with Gasteiger partial charge in [-0.15, -0.1) is 11.3 Å². The molecule has 0 N–H and O–H groups in total. The van der Waals surface area contributed by atoms with E-state index in [4.69, 9.17) is 4.74 Å². The molecular weight excluding hydrogens is 529 g/mol. The summed E-state index contributed by atoms with van der Waals surface area (Å²) in [5.74, 6) is 1.91. The highest BCUT2D eigenvalue weighted by atomic mass is 32.1. The first-order valence-electron chi connectivity index (χ1n) is 14.5. The summed E-state index contributed by atoms with van der Waals surface area (Å²) in [5.41, 5.74) is 5.85. The van der Waals surface area contributed by atoms with Crippen LogP contribution in [0.15, 0.2) is 110 Å². The summed E-state index contributed by atoms with van der Waals surface area (Å²) < 4.78 is 7.92. The molecular formula is C40H30OS. The van der Waals surface area contributed by atoms with Gasteiger partial charge in [0, 0.05) is 32.4 Å². The smallest absolute Gasteiger partial charge is 0.149 e. The van der Waals surface area contributed by atoms with Crippen LogP contribution in [0.3, 0.4) is 0 Å². The second kappa shape index (κ2) is 9.17. The van der Waals surface area contributed by atoms with Crippen molar-refractivity contribution in [2.75, 3.05) is 0 Å². The van der Waals surface area contributed by atoms with Crippen LogP contribution in [0.5, 0.6) is 11.5 Å². The normalized spacial score (nSPS) is 14.0. The lowest BCUT2D eigenvalue weighted by molar-refractivity contribution is 0.424. The molecule has 0 unspecified atom stereocenters. The minimum Gasteiger partial charge on any atom is -0.455 e. The first-order valence-corrected chi connectivity index (χ1v) is 15.3. The van der Waals surface area contributed by atoms with Crippen LogP contribution in [-0.2, 0) is 5.41 Å². The Kier molecular flexibility index (Phi) is 5.48. The number of thiophene rings is 1. The SMILES string of the molecule is C=Cc1sc2c3c(ccc2c1/C=C\C)C(C)(C)c1cc(-c2ccc4c5ccccc5c5ccccc5c4c2)ccc1O3. The summed E-state index contributed by atoms with van der Waals surface area (Å²) in [7, 11) is 0. The summed E-state index contributed by atoms with van der Waals surface area (Å²) >= 11 is 1.76. The zero-order valence-electron chi connectivity index (χ0n) is 24.0. The molecule has 42 heavy (non-hydrogen) atoms. The highest BCUT2D eigenvalue weighted by Gasteiger charge is 2.36. The van der Waals surface area contributed by atoms with E-state index in [1.54, 1.807) is 11.3 Å². The van der Waals surface area contributed by atoms with Crippen LogP contribution in [-0.4, -0.2) is 0 Å². The number of hydrogen-bond acceptors (Lipinski definition) is 2. The van der Waals surface area contributed by atoms with Crippen molar-refractivity contribution in [2.45, 2.75) is 26.2 Å². The van der Waals surface area contributed by atoms with Gasteiger partial charge in [-0.2, -0.15) is 0 Å². The fraction of sp³-hybridized carbons (Fsp3) is 0.100. The van der Waals surface area contributed by atoms with Gasteiger partial charge in [0.1, 0.15) is 11.5 Å². The van der Waals surface area contributed by atoms with Gasteiger partial charge in [0.25, 0.3) is 0 Å². The highest BCUT2D eigenvalue weighted by molar-refractivity contribution is 7.20. The number of fused-ring (bicyclic) bond motifs is 10. The summed E-state index contributed by atoms with van der Waals surface area (Å²) in [5, 5.41) is 8.99. The molecule has 0 saturated carbocycles. The maximum Gasteiger partial charge on any atom is 0.149 e. The van der Waals surface area contributed by atoms with Crippen LogP contribution >= 0.6 is 11.3 Å². The minimum atomic E-state index is -0.216. The number of hydrogen-bond donors (Lipinski definition) is 0. The van der Waals surface area contributed by atoms with E-state index in [0.717, 1.165) is 11.5 Å². The van der Waals surface area contributed by atoms with E-state index in [1.165, 1.54) is 75.1 Å². The molecule has 0 saturated heterocycles. The highest BCUT2D eigenvalue weighted by Crippen LogP contribution is 2.53. The van der Waals surface area contributed by atoms with Gasteiger partial charge in [0.2, 0.25) is 0 Å². The van der Waals surface area contributed by atoms with Gasteiger partial charge in [-0.1, -0.05) is 118 Å². The van der Waals surface area contributed by atoms with E-state index in [1.807, 2.05) is 6.08 Å². The van der Waals surface area contributed by atoms with Crippen molar-refractivity contribution < 1.29 is 4.74 Å². The van der Waals surface area contributed by atoms with Gasteiger partial charge >= 0.3 is 0 Å². The largest absolute Gasteiger partial charge is 0.455 e. The van der Waals surface area contributed by atoms with Gasteiger partial charge in [-0.05, 0) is 68.6 Å². The van der Waals surface area contributed by atoms with E-state index in [0.29, 0.717) is 0 Å². The topological polar surface area (TPSA) is 9.23 Å². The quantitative estimate of drug-likeness (QED) is 0.196. The molecule has 1 nitrogen and oxygen atoms in total. The maximum atomic E-state index is 6.74. The van der Waals surface area contributed by atoms with E-state index in [9.17, 15) is 0 Å².